The molecule has 24 heavy (non-hydrogen) atoms. The first-order chi connectivity index (χ1) is 11.5. The van der Waals surface area contributed by atoms with E-state index >= 15 is 0 Å². The molecular formula is C18H23N3O3. The van der Waals surface area contributed by atoms with Crippen LogP contribution in [0.25, 0.3) is 11.3 Å². The summed E-state index contributed by atoms with van der Waals surface area (Å²) in [5.74, 6) is 0.102. The molecule has 2 aromatic rings. The lowest BCUT2D eigenvalue weighted by Crippen LogP contribution is -2.28. The van der Waals surface area contributed by atoms with E-state index in [0.29, 0.717) is 31.2 Å². The maximum absolute atomic E-state index is 12.1. The van der Waals surface area contributed by atoms with Gasteiger partial charge in [-0.1, -0.05) is 38.1 Å². The van der Waals surface area contributed by atoms with Crippen molar-refractivity contribution in [3.8, 4) is 11.3 Å². The van der Waals surface area contributed by atoms with Crippen molar-refractivity contribution in [1.82, 2.24) is 15.3 Å². The summed E-state index contributed by atoms with van der Waals surface area (Å²) in [6, 6.07) is 9.44. The first-order valence-electron chi connectivity index (χ1n) is 8.00. The van der Waals surface area contributed by atoms with Crippen LogP contribution in [0.5, 0.6) is 0 Å². The predicted octanol–water partition coefficient (Wildman–Crippen LogP) is 2.33. The van der Waals surface area contributed by atoms with E-state index in [-0.39, 0.29) is 11.6 Å². The van der Waals surface area contributed by atoms with Crippen molar-refractivity contribution >= 4 is 5.91 Å². The highest BCUT2D eigenvalue weighted by Crippen LogP contribution is 2.20. The second-order valence-corrected chi connectivity index (χ2v) is 5.86. The summed E-state index contributed by atoms with van der Waals surface area (Å²) < 4.78 is 4.93. The normalized spacial score (nSPS) is 10.8. The van der Waals surface area contributed by atoms with Crippen LogP contribution in [0.2, 0.25) is 0 Å². The van der Waals surface area contributed by atoms with Crippen molar-refractivity contribution in [3.63, 3.8) is 0 Å². The van der Waals surface area contributed by atoms with E-state index in [1.54, 1.807) is 13.2 Å². The van der Waals surface area contributed by atoms with Gasteiger partial charge in [-0.05, 0) is 24.0 Å². The number of benzene rings is 1. The molecule has 6 nitrogen and oxygen atoms in total. The van der Waals surface area contributed by atoms with E-state index in [4.69, 9.17) is 4.74 Å². The van der Waals surface area contributed by atoms with Gasteiger partial charge in [-0.15, -0.1) is 0 Å². The number of amides is 1. The molecule has 128 valence electrons. The molecule has 1 amide bonds. The van der Waals surface area contributed by atoms with Gasteiger partial charge in [0.05, 0.1) is 5.69 Å². The Bertz CT molecular complexity index is 736. The maximum Gasteiger partial charge on any atom is 0.346 e. The molecule has 1 heterocycles. The van der Waals surface area contributed by atoms with E-state index < -0.39 is 5.69 Å². The van der Waals surface area contributed by atoms with Crippen LogP contribution >= 0.6 is 0 Å². The van der Waals surface area contributed by atoms with Gasteiger partial charge in [0.2, 0.25) is 0 Å². The average molecular weight is 329 g/mol. The number of hydrogen-bond acceptors (Lipinski definition) is 4. The zero-order chi connectivity index (χ0) is 17.5. The fraction of sp³-hybridized carbons (Fsp3) is 0.389. The number of carbonyl (C=O) groups is 1. The van der Waals surface area contributed by atoms with Gasteiger partial charge in [0.15, 0.2) is 0 Å². The summed E-state index contributed by atoms with van der Waals surface area (Å²) in [5.41, 5.74) is 2.16. The molecule has 1 aromatic heterocycles. The summed E-state index contributed by atoms with van der Waals surface area (Å²) in [7, 11) is 1.61. The fourth-order valence-electron chi connectivity index (χ4n) is 2.28. The lowest BCUT2D eigenvalue weighted by molar-refractivity contribution is 0.0943. The third-order valence-electron chi connectivity index (χ3n) is 3.67. The van der Waals surface area contributed by atoms with Crippen LogP contribution in [0.1, 0.15) is 42.2 Å². The molecular weight excluding hydrogens is 306 g/mol. The fourth-order valence-corrected chi connectivity index (χ4v) is 2.28. The largest absolute Gasteiger partial charge is 0.385 e. The minimum atomic E-state index is -0.539. The van der Waals surface area contributed by atoms with Crippen molar-refractivity contribution in [3.05, 3.63) is 52.1 Å². The molecule has 0 saturated heterocycles. The highest BCUT2D eigenvalue weighted by Gasteiger charge is 2.10. The predicted molar refractivity (Wildman–Crippen MR) is 93.2 cm³/mol. The van der Waals surface area contributed by atoms with Gasteiger partial charge in [-0.2, -0.15) is 4.98 Å². The van der Waals surface area contributed by atoms with Crippen molar-refractivity contribution in [2.75, 3.05) is 20.3 Å². The molecule has 0 atom stereocenters. The van der Waals surface area contributed by atoms with Crippen LogP contribution in [0.4, 0.5) is 0 Å². The monoisotopic (exact) mass is 329 g/mol. The molecule has 6 heteroatoms. The zero-order valence-electron chi connectivity index (χ0n) is 14.3. The first kappa shape index (κ1) is 17.9. The average Bonchev–Trinajstić information content (AvgIpc) is 2.58. The van der Waals surface area contributed by atoms with Crippen LogP contribution in [-0.4, -0.2) is 36.1 Å². The molecule has 2 rings (SSSR count). The Hall–Kier alpha value is -2.47. The van der Waals surface area contributed by atoms with Crippen molar-refractivity contribution < 1.29 is 9.53 Å². The summed E-state index contributed by atoms with van der Waals surface area (Å²) in [5, 5.41) is 2.75. The van der Waals surface area contributed by atoms with Gasteiger partial charge in [-0.25, -0.2) is 4.79 Å². The van der Waals surface area contributed by atoms with Crippen molar-refractivity contribution in [1.29, 1.82) is 0 Å². The van der Waals surface area contributed by atoms with Gasteiger partial charge in [-0.3, -0.25) is 4.79 Å². The van der Waals surface area contributed by atoms with Gasteiger partial charge in [0, 0.05) is 25.8 Å². The van der Waals surface area contributed by atoms with Gasteiger partial charge >= 0.3 is 5.69 Å². The number of rotatable bonds is 7. The first-order valence-corrected chi connectivity index (χ1v) is 8.00. The van der Waals surface area contributed by atoms with Crippen LogP contribution in [0, 0.1) is 0 Å². The van der Waals surface area contributed by atoms with Gasteiger partial charge < -0.3 is 15.0 Å². The molecule has 2 N–H and O–H groups in total. The van der Waals surface area contributed by atoms with Crippen molar-refractivity contribution in [2.24, 2.45) is 0 Å². The lowest BCUT2D eigenvalue weighted by atomic mass is 10.0. The summed E-state index contributed by atoms with van der Waals surface area (Å²) >= 11 is 0. The van der Waals surface area contributed by atoms with Crippen LogP contribution in [-0.2, 0) is 4.74 Å². The Morgan fingerprint density at radius 3 is 2.62 bits per heavy atom. The molecule has 0 spiro atoms. The summed E-state index contributed by atoms with van der Waals surface area (Å²) in [6.07, 6.45) is 0.709. The molecule has 0 aliphatic rings. The standard InChI is InChI=1S/C18H23N3O3/c1-12(2)13-5-7-14(8-6-13)15-11-16(21-18(23)20-15)17(22)19-9-4-10-24-3/h5-8,11-12H,4,9-10H2,1-3H3,(H,19,22)(H,20,21,23). The molecule has 0 saturated carbocycles. The van der Waals surface area contributed by atoms with Crippen LogP contribution in [0.15, 0.2) is 35.1 Å². The van der Waals surface area contributed by atoms with Gasteiger partial charge in [0.1, 0.15) is 5.69 Å². The molecule has 0 aliphatic heterocycles. The third kappa shape index (κ3) is 4.76. The molecule has 0 unspecified atom stereocenters. The number of aromatic amines is 1. The number of nitrogens with zero attached hydrogens (tertiary/aromatic N) is 1. The number of ether oxygens (including phenoxy) is 1. The second-order valence-electron chi connectivity index (χ2n) is 5.86. The van der Waals surface area contributed by atoms with E-state index in [2.05, 4.69) is 29.1 Å². The zero-order valence-corrected chi connectivity index (χ0v) is 14.3. The van der Waals surface area contributed by atoms with E-state index in [0.717, 1.165) is 5.56 Å². The Labute approximate surface area is 141 Å². The maximum atomic E-state index is 12.1. The summed E-state index contributed by atoms with van der Waals surface area (Å²) in [6.45, 7) is 5.29. The van der Waals surface area contributed by atoms with Gasteiger partial charge in [0.25, 0.3) is 5.91 Å². The highest BCUT2D eigenvalue weighted by molar-refractivity contribution is 5.93. The Morgan fingerprint density at radius 1 is 1.29 bits per heavy atom. The third-order valence-corrected chi connectivity index (χ3v) is 3.67. The molecule has 1 aromatic carbocycles. The highest BCUT2D eigenvalue weighted by atomic mass is 16.5. The van der Waals surface area contributed by atoms with Crippen LogP contribution < -0.4 is 11.0 Å². The molecule has 0 radical (unpaired) electrons. The number of methoxy groups -OCH3 is 1. The topological polar surface area (TPSA) is 84.1 Å². The number of hydrogen-bond donors (Lipinski definition) is 2. The number of H-pyrrole nitrogens is 1. The van der Waals surface area contributed by atoms with Crippen molar-refractivity contribution in [2.45, 2.75) is 26.2 Å². The minimum Gasteiger partial charge on any atom is -0.385 e. The number of nitrogens with one attached hydrogen (secondary N) is 2. The quantitative estimate of drug-likeness (QED) is 0.764. The smallest absolute Gasteiger partial charge is 0.346 e. The SMILES string of the molecule is COCCCNC(=O)c1cc(-c2ccc(C(C)C)cc2)nc(=O)[nH]1. The number of aromatic nitrogens is 2. The number of carbonyl (C=O) groups excluding carboxylic acids is 1. The minimum absolute atomic E-state index is 0.204. The van der Waals surface area contributed by atoms with E-state index in [9.17, 15) is 9.59 Å². The molecule has 0 fully saturated rings. The summed E-state index contributed by atoms with van der Waals surface area (Å²) in [4.78, 5) is 30.3. The van der Waals surface area contributed by atoms with E-state index in [1.165, 1.54) is 5.56 Å². The molecule has 0 bridgehead atoms. The second kappa shape index (κ2) is 8.40. The van der Waals surface area contributed by atoms with E-state index in [1.807, 2.05) is 24.3 Å². The van der Waals surface area contributed by atoms with Crippen LogP contribution in [0.3, 0.4) is 0 Å². The lowest BCUT2D eigenvalue weighted by Gasteiger charge is -2.08. The molecule has 0 aliphatic carbocycles. The Balaban J connectivity index is 2.18. The Morgan fingerprint density at radius 2 is 2.00 bits per heavy atom. The Kier molecular flexibility index (Phi) is 6.26.